The Labute approximate surface area is 97.3 Å². The van der Waals surface area contributed by atoms with Crippen LogP contribution in [0.5, 0.6) is 0 Å². The fraction of sp³-hybridized carbons (Fsp3) is 0.500. The summed E-state index contributed by atoms with van der Waals surface area (Å²) in [5, 5.41) is 12.8. The van der Waals surface area contributed by atoms with Crippen molar-refractivity contribution in [2.24, 2.45) is 5.92 Å². The van der Waals surface area contributed by atoms with E-state index >= 15 is 0 Å². The molecule has 0 atom stereocenters. The van der Waals surface area contributed by atoms with Gasteiger partial charge in [-0.15, -0.1) is 0 Å². The molecule has 1 aliphatic rings. The van der Waals surface area contributed by atoms with Gasteiger partial charge in [0.05, 0.1) is 6.07 Å². The number of hydrogen-bond donors (Lipinski definition) is 1. The van der Waals surface area contributed by atoms with Gasteiger partial charge in [-0.2, -0.15) is 5.26 Å². The Balaban J connectivity index is 2.09. The lowest BCUT2D eigenvalue weighted by molar-refractivity contribution is 0.314. The summed E-state index contributed by atoms with van der Waals surface area (Å²) in [6.07, 6.45) is 4.21. The molecule has 1 N–H and O–H groups in total. The molecule has 84 valence electrons. The van der Waals surface area contributed by atoms with E-state index < -0.39 is 0 Å². The van der Waals surface area contributed by atoms with Crippen molar-refractivity contribution in [3.05, 3.63) is 30.3 Å². The van der Waals surface area contributed by atoms with Gasteiger partial charge in [-0.05, 0) is 43.7 Å². The highest BCUT2D eigenvalue weighted by atomic mass is 15.0. The molecule has 0 amide bonds. The number of nitriles is 1. The smallest absolute Gasteiger partial charge is 0.125 e. The fourth-order valence-corrected chi connectivity index (χ4v) is 2.32. The zero-order valence-electron chi connectivity index (χ0n) is 9.74. The zero-order chi connectivity index (χ0) is 11.4. The number of nitrogens with zero attached hydrogens (tertiary/aromatic N) is 1. The standard InChI is InChI=1S/C14H18N2/c1-12-7-9-14(11-15,10-8-12)16-13-5-3-2-4-6-13/h2-6,12,16H,7-10H2,1H3. The average molecular weight is 214 g/mol. The van der Waals surface area contributed by atoms with Crippen LogP contribution in [0.1, 0.15) is 32.6 Å². The second-order valence-corrected chi connectivity index (χ2v) is 4.87. The lowest BCUT2D eigenvalue weighted by atomic mass is 9.78. The van der Waals surface area contributed by atoms with E-state index in [1.807, 2.05) is 30.3 Å². The minimum atomic E-state index is -0.339. The van der Waals surface area contributed by atoms with Gasteiger partial charge in [0, 0.05) is 5.69 Å². The Bertz CT molecular complexity index is 369. The molecule has 16 heavy (non-hydrogen) atoms. The molecule has 0 spiro atoms. The van der Waals surface area contributed by atoms with Crippen LogP contribution in [-0.2, 0) is 0 Å². The van der Waals surface area contributed by atoms with Crippen LogP contribution in [0.3, 0.4) is 0 Å². The van der Waals surface area contributed by atoms with Gasteiger partial charge in [0.25, 0.3) is 0 Å². The van der Waals surface area contributed by atoms with Gasteiger partial charge in [0.15, 0.2) is 0 Å². The van der Waals surface area contributed by atoms with Gasteiger partial charge < -0.3 is 5.32 Å². The van der Waals surface area contributed by atoms with Crippen LogP contribution in [0.25, 0.3) is 0 Å². The number of para-hydroxylation sites is 1. The first-order valence-electron chi connectivity index (χ1n) is 5.99. The molecule has 0 saturated heterocycles. The highest BCUT2D eigenvalue weighted by Crippen LogP contribution is 2.34. The van der Waals surface area contributed by atoms with Gasteiger partial charge >= 0.3 is 0 Å². The van der Waals surface area contributed by atoms with Crippen molar-refractivity contribution in [1.29, 1.82) is 5.26 Å². The van der Waals surface area contributed by atoms with E-state index in [2.05, 4.69) is 18.3 Å². The fourth-order valence-electron chi connectivity index (χ4n) is 2.32. The van der Waals surface area contributed by atoms with E-state index in [1.165, 1.54) is 0 Å². The molecule has 0 unspecified atom stereocenters. The van der Waals surface area contributed by atoms with Crippen LogP contribution < -0.4 is 5.32 Å². The number of rotatable bonds is 2. The summed E-state index contributed by atoms with van der Waals surface area (Å²) in [5.74, 6) is 0.763. The van der Waals surface area contributed by atoms with Crippen molar-refractivity contribution in [2.45, 2.75) is 38.1 Å². The second kappa shape index (κ2) is 4.57. The molecule has 2 nitrogen and oxygen atoms in total. The monoisotopic (exact) mass is 214 g/mol. The molecule has 0 heterocycles. The third-order valence-corrected chi connectivity index (χ3v) is 3.50. The maximum absolute atomic E-state index is 9.38. The minimum Gasteiger partial charge on any atom is -0.367 e. The van der Waals surface area contributed by atoms with Crippen LogP contribution in [0.15, 0.2) is 30.3 Å². The summed E-state index contributed by atoms with van der Waals surface area (Å²) in [7, 11) is 0. The molecule has 2 heteroatoms. The van der Waals surface area contributed by atoms with Crippen molar-refractivity contribution >= 4 is 5.69 Å². The van der Waals surface area contributed by atoms with Gasteiger partial charge in [-0.3, -0.25) is 0 Å². The van der Waals surface area contributed by atoms with E-state index in [0.29, 0.717) is 0 Å². The van der Waals surface area contributed by atoms with Gasteiger partial charge in [0.1, 0.15) is 5.54 Å². The molecule has 1 aromatic rings. The van der Waals surface area contributed by atoms with Crippen LogP contribution in [0.4, 0.5) is 5.69 Å². The summed E-state index contributed by atoms with van der Waals surface area (Å²) in [6, 6.07) is 12.5. The Kier molecular flexibility index (Phi) is 3.14. The van der Waals surface area contributed by atoms with E-state index in [4.69, 9.17) is 0 Å². The van der Waals surface area contributed by atoms with Crippen LogP contribution in [-0.4, -0.2) is 5.54 Å². The first-order valence-corrected chi connectivity index (χ1v) is 5.99. The van der Waals surface area contributed by atoms with Crippen LogP contribution in [0, 0.1) is 17.2 Å². The molecule has 0 radical (unpaired) electrons. The minimum absolute atomic E-state index is 0.339. The third kappa shape index (κ3) is 2.36. The number of nitrogens with one attached hydrogen (secondary N) is 1. The van der Waals surface area contributed by atoms with Gasteiger partial charge in [-0.1, -0.05) is 25.1 Å². The SMILES string of the molecule is CC1CCC(C#N)(Nc2ccccc2)CC1. The zero-order valence-corrected chi connectivity index (χ0v) is 9.74. The molecule has 1 fully saturated rings. The lowest BCUT2D eigenvalue weighted by Gasteiger charge is -2.35. The van der Waals surface area contributed by atoms with Crippen molar-refractivity contribution < 1.29 is 0 Å². The number of benzene rings is 1. The van der Waals surface area contributed by atoms with Crippen molar-refractivity contribution in [2.75, 3.05) is 5.32 Å². The Morgan fingerprint density at radius 1 is 1.25 bits per heavy atom. The van der Waals surface area contributed by atoms with Gasteiger partial charge in [0.2, 0.25) is 0 Å². The Morgan fingerprint density at radius 2 is 1.88 bits per heavy atom. The summed E-state index contributed by atoms with van der Waals surface area (Å²) < 4.78 is 0. The summed E-state index contributed by atoms with van der Waals surface area (Å²) in [5.41, 5.74) is 0.715. The second-order valence-electron chi connectivity index (χ2n) is 4.87. The topological polar surface area (TPSA) is 35.8 Å². The Hall–Kier alpha value is -1.49. The molecule has 0 bridgehead atoms. The molecular weight excluding hydrogens is 196 g/mol. The van der Waals surface area contributed by atoms with E-state index in [1.54, 1.807) is 0 Å². The third-order valence-electron chi connectivity index (χ3n) is 3.50. The molecule has 0 aliphatic heterocycles. The number of anilines is 1. The highest BCUT2D eigenvalue weighted by Gasteiger charge is 2.33. The van der Waals surface area contributed by atoms with Crippen molar-refractivity contribution in [3.63, 3.8) is 0 Å². The van der Waals surface area contributed by atoms with Crippen molar-refractivity contribution in [3.8, 4) is 6.07 Å². The van der Waals surface area contributed by atoms with Crippen LogP contribution >= 0.6 is 0 Å². The number of hydrogen-bond acceptors (Lipinski definition) is 2. The predicted octanol–water partition coefficient (Wildman–Crippen LogP) is 3.57. The van der Waals surface area contributed by atoms with Crippen LogP contribution in [0.2, 0.25) is 0 Å². The normalized spacial score (nSPS) is 29.4. The van der Waals surface area contributed by atoms with Crippen molar-refractivity contribution in [1.82, 2.24) is 0 Å². The molecule has 0 aromatic heterocycles. The lowest BCUT2D eigenvalue weighted by Crippen LogP contribution is -2.40. The van der Waals surface area contributed by atoms with E-state index in [0.717, 1.165) is 37.3 Å². The van der Waals surface area contributed by atoms with Gasteiger partial charge in [-0.25, -0.2) is 0 Å². The van der Waals surface area contributed by atoms with E-state index in [-0.39, 0.29) is 5.54 Å². The van der Waals surface area contributed by atoms with E-state index in [9.17, 15) is 5.26 Å². The predicted molar refractivity (Wildman–Crippen MR) is 66.0 cm³/mol. The summed E-state index contributed by atoms with van der Waals surface area (Å²) in [6.45, 7) is 2.27. The maximum Gasteiger partial charge on any atom is 0.125 e. The average Bonchev–Trinajstić information content (AvgIpc) is 2.34. The highest BCUT2D eigenvalue weighted by molar-refractivity contribution is 5.47. The molecule has 1 aromatic carbocycles. The Morgan fingerprint density at radius 3 is 2.44 bits per heavy atom. The molecular formula is C14H18N2. The summed E-state index contributed by atoms with van der Waals surface area (Å²) in [4.78, 5) is 0. The molecule has 1 aliphatic carbocycles. The quantitative estimate of drug-likeness (QED) is 0.817. The molecule has 2 rings (SSSR count). The molecule has 1 saturated carbocycles. The summed E-state index contributed by atoms with van der Waals surface area (Å²) >= 11 is 0. The largest absolute Gasteiger partial charge is 0.367 e. The maximum atomic E-state index is 9.38. The first-order chi connectivity index (χ1) is 7.74. The first kappa shape index (κ1) is 11.0.